The topological polar surface area (TPSA) is 73.0 Å². The van der Waals surface area contributed by atoms with Gasteiger partial charge in [0.05, 0.1) is 15.7 Å². The lowest BCUT2D eigenvalue weighted by Crippen LogP contribution is -2.16. The molecule has 3 heterocycles. The Bertz CT molecular complexity index is 1180. The first-order valence-electron chi connectivity index (χ1n) is 8.11. The number of fused-ring (bicyclic) bond motifs is 1. The first-order chi connectivity index (χ1) is 12.9. The number of carbonyl (C=O) groups is 1. The summed E-state index contributed by atoms with van der Waals surface area (Å²) >= 11 is 12.1. The van der Waals surface area contributed by atoms with Crippen molar-refractivity contribution in [2.24, 2.45) is 0 Å². The number of aromatic nitrogens is 3. The van der Waals surface area contributed by atoms with Crippen molar-refractivity contribution in [3.05, 3.63) is 69.7 Å². The van der Waals surface area contributed by atoms with E-state index in [0.717, 1.165) is 10.9 Å². The van der Waals surface area contributed by atoms with Crippen molar-refractivity contribution in [1.82, 2.24) is 14.8 Å². The maximum absolute atomic E-state index is 12.8. The normalized spacial score (nSPS) is 11.1. The minimum atomic E-state index is -0.380. The minimum Gasteiger partial charge on any atom is -0.451 e. The number of hydrogen-bond donors (Lipinski definition) is 1. The Labute approximate surface area is 164 Å². The highest BCUT2D eigenvalue weighted by Crippen LogP contribution is 2.28. The molecule has 8 heteroatoms. The van der Waals surface area contributed by atoms with Gasteiger partial charge >= 0.3 is 0 Å². The number of para-hydroxylation sites is 1. The van der Waals surface area contributed by atoms with Crippen LogP contribution in [-0.4, -0.2) is 20.7 Å². The molecule has 1 aromatic carbocycles. The lowest BCUT2D eigenvalue weighted by molar-refractivity contribution is 0.0997. The Kier molecular flexibility index (Phi) is 4.37. The molecular formula is C19H14Cl2N4O2. The molecule has 1 amide bonds. The van der Waals surface area contributed by atoms with Crippen molar-refractivity contribution < 1.29 is 9.21 Å². The van der Waals surface area contributed by atoms with E-state index < -0.39 is 0 Å². The maximum Gasteiger partial charge on any atom is 0.292 e. The van der Waals surface area contributed by atoms with Crippen molar-refractivity contribution in [3.63, 3.8) is 0 Å². The number of carbonyl (C=O) groups excluding carboxylic acids is 1. The summed E-state index contributed by atoms with van der Waals surface area (Å²) in [7, 11) is 0. The van der Waals surface area contributed by atoms with Crippen LogP contribution in [0.2, 0.25) is 10.0 Å². The highest BCUT2D eigenvalue weighted by atomic mass is 35.5. The predicted octanol–water partition coefficient (Wildman–Crippen LogP) is 5.19. The smallest absolute Gasteiger partial charge is 0.292 e. The molecular weight excluding hydrogens is 387 g/mol. The first-order valence-corrected chi connectivity index (χ1v) is 8.87. The van der Waals surface area contributed by atoms with Crippen molar-refractivity contribution >= 4 is 45.9 Å². The fourth-order valence-electron chi connectivity index (χ4n) is 2.88. The molecule has 4 aromatic rings. The Morgan fingerprint density at radius 2 is 1.96 bits per heavy atom. The lowest BCUT2D eigenvalue weighted by Gasteiger charge is -2.09. The largest absolute Gasteiger partial charge is 0.451 e. The SMILES string of the molecule is Cc1cc(NC(=O)c2oc3ccccc3c2C)n(-c2ncc(Cl)cc2Cl)n1. The highest BCUT2D eigenvalue weighted by molar-refractivity contribution is 6.35. The van der Waals surface area contributed by atoms with E-state index in [2.05, 4.69) is 15.4 Å². The summed E-state index contributed by atoms with van der Waals surface area (Å²) in [5.74, 6) is 0.659. The van der Waals surface area contributed by atoms with E-state index in [9.17, 15) is 4.79 Å². The molecule has 0 atom stereocenters. The van der Waals surface area contributed by atoms with Crippen molar-refractivity contribution in [1.29, 1.82) is 0 Å². The molecule has 0 aliphatic carbocycles. The van der Waals surface area contributed by atoms with Crippen molar-refractivity contribution in [3.8, 4) is 5.82 Å². The van der Waals surface area contributed by atoms with Crippen LogP contribution in [0.25, 0.3) is 16.8 Å². The number of nitrogens with one attached hydrogen (secondary N) is 1. The lowest BCUT2D eigenvalue weighted by atomic mass is 10.1. The van der Waals surface area contributed by atoms with E-state index in [1.54, 1.807) is 12.1 Å². The number of amides is 1. The van der Waals surface area contributed by atoms with E-state index in [-0.39, 0.29) is 11.7 Å². The van der Waals surface area contributed by atoms with Crippen molar-refractivity contribution in [2.45, 2.75) is 13.8 Å². The van der Waals surface area contributed by atoms with Gasteiger partial charge in [-0.25, -0.2) is 4.98 Å². The van der Waals surface area contributed by atoms with Gasteiger partial charge in [0.2, 0.25) is 0 Å². The zero-order valence-electron chi connectivity index (χ0n) is 14.5. The number of aryl methyl sites for hydroxylation is 2. The second-order valence-corrected chi connectivity index (χ2v) is 6.89. The van der Waals surface area contributed by atoms with Crippen LogP contribution in [-0.2, 0) is 0 Å². The highest BCUT2D eigenvalue weighted by Gasteiger charge is 2.20. The third kappa shape index (κ3) is 3.18. The molecule has 136 valence electrons. The third-order valence-electron chi connectivity index (χ3n) is 4.11. The Morgan fingerprint density at radius 3 is 2.70 bits per heavy atom. The summed E-state index contributed by atoms with van der Waals surface area (Å²) in [5.41, 5.74) is 2.13. The molecule has 3 aromatic heterocycles. The second kappa shape index (κ2) is 6.72. The van der Waals surface area contributed by atoms with E-state index in [1.165, 1.54) is 10.9 Å². The van der Waals surface area contributed by atoms with Gasteiger partial charge in [-0.15, -0.1) is 0 Å². The minimum absolute atomic E-state index is 0.247. The van der Waals surface area contributed by atoms with E-state index in [4.69, 9.17) is 27.6 Å². The van der Waals surface area contributed by atoms with Gasteiger partial charge in [0.25, 0.3) is 5.91 Å². The number of halogens is 2. The average molecular weight is 401 g/mol. The molecule has 0 radical (unpaired) electrons. The summed E-state index contributed by atoms with van der Waals surface area (Å²) in [4.78, 5) is 17.0. The fraction of sp³-hybridized carbons (Fsp3) is 0.105. The summed E-state index contributed by atoms with van der Waals surface area (Å²) in [5, 5.41) is 8.82. The molecule has 0 fully saturated rings. The van der Waals surface area contributed by atoms with Gasteiger partial charge in [-0.05, 0) is 26.0 Å². The molecule has 0 bridgehead atoms. The zero-order valence-corrected chi connectivity index (χ0v) is 16.0. The summed E-state index contributed by atoms with van der Waals surface area (Å²) < 4.78 is 7.19. The maximum atomic E-state index is 12.8. The number of hydrogen-bond acceptors (Lipinski definition) is 4. The van der Waals surface area contributed by atoms with Gasteiger partial charge in [-0.1, -0.05) is 41.4 Å². The standard InChI is InChI=1S/C19H14Cl2N4O2/c1-10-7-16(25(24-10)18-14(21)8-12(20)9-22-18)23-19(26)17-11(2)13-5-3-4-6-15(13)27-17/h3-9H,1-2H3,(H,23,26). The number of rotatable bonds is 3. The summed E-state index contributed by atoms with van der Waals surface area (Å²) in [6, 6.07) is 10.8. The van der Waals surface area contributed by atoms with Crippen molar-refractivity contribution in [2.75, 3.05) is 5.32 Å². The van der Waals surface area contributed by atoms with Crippen LogP contribution in [0.15, 0.2) is 47.0 Å². The molecule has 27 heavy (non-hydrogen) atoms. The molecule has 1 N–H and O–H groups in total. The van der Waals surface area contributed by atoms with Crippen LogP contribution in [0.3, 0.4) is 0 Å². The van der Waals surface area contributed by atoms with Gasteiger partial charge in [0.15, 0.2) is 11.6 Å². The molecule has 0 unspecified atom stereocenters. The summed E-state index contributed by atoms with van der Waals surface area (Å²) in [6.07, 6.45) is 1.47. The molecule has 0 aliphatic heterocycles. The average Bonchev–Trinajstić information content (AvgIpc) is 3.15. The number of furan rings is 1. The monoisotopic (exact) mass is 400 g/mol. The van der Waals surface area contributed by atoms with Crippen LogP contribution < -0.4 is 5.32 Å². The predicted molar refractivity (Wildman–Crippen MR) is 105 cm³/mol. The van der Waals surface area contributed by atoms with Crippen LogP contribution >= 0.6 is 23.2 Å². The number of nitrogens with zero attached hydrogens (tertiary/aromatic N) is 3. The van der Waals surface area contributed by atoms with Gasteiger partial charge in [-0.3, -0.25) is 4.79 Å². The molecule has 0 saturated heterocycles. The molecule has 0 aliphatic rings. The van der Waals surface area contributed by atoms with E-state index in [1.807, 2.05) is 38.1 Å². The Balaban J connectivity index is 1.72. The van der Waals surface area contributed by atoms with Gasteiger partial charge in [0, 0.05) is 23.2 Å². The van der Waals surface area contributed by atoms with Crippen LogP contribution in [0.4, 0.5) is 5.82 Å². The third-order valence-corrected chi connectivity index (χ3v) is 4.60. The van der Waals surface area contributed by atoms with Gasteiger partial charge in [-0.2, -0.15) is 9.78 Å². The van der Waals surface area contributed by atoms with Crippen LogP contribution in [0.1, 0.15) is 21.8 Å². The van der Waals surface area contributed by atoms with E-state index >= 15 is 0 Å². The molecule has 0 spiro atoms. The van der Waals surface area contributed by atoms with Gasteiger partial charge < -0.3 is 9.73 Å². The fourth-order valence-corrected chi connectivity index (χ4v) is 3.34. The number of pyridine rings is 1. The number of anilines is 1. The molecule has 0 saturated carbocycles. The summed E-state index contributed by atoms with van der Waals surface area (Å²) in [6.45, 7) is 3.66. The van der Waals surface area contributed by atoms with Gasteiger partial charge in [0.1, 0.15) is 11.4 Å². The van der Waals surface area contributed by atoms with E-state index in [0.29, 0.717) is 33.0 Å². The van der Waals surface area contributed by atoms with Crippen LogP contribution in [0, 0.1) is 13.8 Å². The van der Waals surface area contributed by atoms with Crippen LogP contribution in [0.5, 0.6) is 0 Å². The first kappa shape index (κ1) is 17.6. The Hall–Kier alpha value is -2.83. The number of benzene rings is 1. The Morgan fingerprint density at radius 1 is 1.19 bits per heavy atom. The molecule has 4 rings (SSSR count). The second-order valence-electron chi connectivity index (χ2n) is 6.05. The molecule has 6 nitrogen and oxygen atoms in total. The zero-order chi connectivity index (χ0) is 19.1. The quantitative estimate of drug-likeness (QED) is 0.513.